The van der Waals surface area contributed by atoms with E-state index in [-0.39, 0.29) is 24.2 Å². The fraction of sp³-hybridized carbons (Fsp3) is 0.300. The van der Waals surface area contributed by atoms with Crippen molar-refractivity contribution in [1.82, 2.24) is 9.80 Å². The zero-order chi connectivity index (χ0) is 19.8. The minimum Gasteiger partial charge on any atom is -0.330 e. The summed E-state index contributed by atoms with van der Waals surface area (Å²) in [6, 6.07) is 12.1. The van der Waals surface area contributed by atoms with E-state index in [0.717, 1.165) is 24.2 Å². The van der Waals surface area contributed by atoms with Crippen LogP contribution in [0.15, 0.2) is 42.5 Å². The van der Waals surface area contributed by atoms with Gasteiger partial charge in [-0.2, -0.15) is 0 Å². The zero-order valence-corrected chi connectivity index (χ0v) is 15.5. The van der Waals surface area contributed by atoms with Crippen LogP contribution in [0.3, 0.4) is 0 Å². The Morgan fingerprint density at radius 1 is 1.11 bits per heavy atom. The second-order valence-corrected chi connectivity index (χ2v) is 7.10. The zero-order valence-electron chi connectivity index (χ0n) is 15.5. The van der Waals surface area contributed by atoms with Gasteiger partial charge >= 0.3 is 6.03 Å². The Hall–Kier alpha value is -3.42. The molecule has 8 heteroatoms. The second-order valence-electron chi connectivity index (χ2n) is 7.10. The molecule has 8 nitrogen and oxygen atoms in total. The highest BCUT2D eigenvalue weighted by Gasteiger charge is 2.33. The van der Waals surface area contributed by atoms with Gasteiger partial charge in [0.15, 0.2) is 0 Å². The van der Waals surface area contributed by atoms with E-state index in [1.807, 2.05) is 24.3 Å². The molecule has 4 rings (SSSR count). The van der Waals surface area contributed by atoms with Crippen LogP contribution in [0.4, 0.5) is 16.2 Å². The number of hydrogen-bond acceptors (Lipinski definition) is 4. The topological polar surface area (TPSA) is 87.0 Å². The summed E-state index contributed by atoms with van der Waals surface area (Å²) in [5, 5.41) is 11.2. The Labute approximate surface area is 162 Å². The van der Waals surface area contributed by atoms with Crippen molar-refractivity contribution in [2.24, 2.45) is 0 Å². The molecule has 0 spiro atoms. The van der Waals surface area contributed by atoms with Crippen LogP contribution in [0.2, 0.25) is 0 Å². The number of hydrogen-bond donors (Lipinski definition) is 0. The molecule has 0 bridgehead atoms. The van der Waals surface area contributed by atoms with Crippen molar-refractivity contribution in [3.63, 3.8) is 0 Å². The lowest BCUT2D eigenvalue weighted by molar-refractivity contribution is -0.385. The molecule has 2 aliphatic rings. The van der Waals surface area contributed by atoms with Crippen LogP contribution in [0.25, 0.3) is 0 Å². The summed E-state index contributed by atoms with van der Waals surface area (Å²) in [7, 11) is 1.78. The van der Waals surface area contributed by atoms with Gasteiger partial charge in [0.05, 0.1) is 22.6 Å². The summed E-state index contributed by atoms with van der Waals surface area (Å²) in [5.74, 6) is -0.210. The van der Waals surface area contributed by atoms with Gasteiger partial charge in [0, 0.05) is 38.4 Å². The maximum absolute atomic E-state index is 12.7. The largest absolute Gasteiger partial charge is 0.330 e. The highest BCUT2D eigenvalue weighted by atomic mass is 16.6. The van der Waals surface area contributed by atoms with Gasteiger partial charge in [0.2, 0.25) is 0 Å². The second kappa shape index (κ2) is 6.95. The minimum atomic E-state index is -0.450. The van der Waals surface area contributed by atoms with Crippen molar-refractivity contribution in [3.8, 4) is 0 Å². The van der Waals surface area contributed by atoms with Crippen molar-refractivity contribution in [1.29, 1.82) is 0 Å². The SMILES string of the molecule is CN1CCCN(c2cccc(CN3Cc4c(cccc4[N+](=O)[O-])C3=O)c2)C1=O. The van der Waals surface area contributed by atoms with Gasteiger partial charge in [-0.05, 0) is 30.2 Å². The van der Waals surface area contributed by atoms with Gasteiger partial charge in [0.25, 0.3) is 11.6 Å². The van der Waals surface area contributed by atoms with Gasteiger partial charge in [0.1, 0.15) is 0 Å². The molecule has 2 heterocycles. The lowest BCUT2D eigenvalue weighted by atomic mass is 10.1. The van der Waals surface area contributed by atoms with Crippen LogP contribution in [0.5, 0.6) is 0 Å². The third-order valence-corrected chi connectivity index (χ3v) is 5.24. The summed E-state index contributed by atoms with van der Waals surface area (Å²) in [5.41, 5.74) is 2.50. The van der Waals surface area contributed by atoms with Crippen molar-refractivity contribution < 1.29 is 14.5 Å². The van der Waals surface area contributed by atoms with E-state index >= 15 is 0 Å². The molecule has 144 valence electrons. The molecular weight excluding hydrogens is 360 g/mol. The molecular formula is C20H20N4O4. The Balaban J connectivity index is 1.56. The Morgan fingerprint density at radius 2 is 1.89 bits per heavy atom. The molecule has 0 atom stereocenters. The Kier molecular flexibility index (Phi) is 4.46. The monoisotopic (exact) mass is 380 g/mol. The Bertz CT molecular complexity index is 974. The number of rotatable bonds is 4. The normalized spacial score (nSPS) is 16.5. The van der Waals surface area contributed by atoms with Crippen molar-refractivity contribution in [2.45, 2.75) is 19.5 Å². The molecule has 0 radical (unpaired) electrons. The molecule has 1 fully saturated rings. The molecule has 28 heavy (non-hydrogen) atoms. The number of amides is 3. The van der Waals surface area contributed by atoms with Crippen molar-refractivity contribution in [2.75, 3.05) is 25.0 Å². The van der Waals surface area contributed by atoms with E-state index in [9.17, 15) is 19.7 Å². The smallest absolute Gasteiger partial charge is 0.324 e. The first-order chi connectivity index (χ1) is 13.5. The Morgan fingerprint density at radius 3 is 2.68 bits per heavy atom. The first-order valence-electron chi connectivity index (χ1n) is 9.13. The minimum absolute atomic E-state index is 0.0240. The molecule has 0 saturated carbocycles. The fourth-order valence-corrected chi connectivity index (χ4v) is 3.82. The first-order valence-corrected chi connectivity index (χ1v) is 9.13. The molecule has 3 amide bonds. The van der Waals surface area contributed by atoms with Crippen molar-refractivity contribution >= 4 is 23.3 Å². The number of anilines is 1. The summed E-state index contributed by atoms with van der Waals surface area (Å²) in [4.78, 5) is 40.9. The lowest BCUT2D eigenvalue weighted by Gasteiger charge is -2.33. The van der Waals surface area contributed by atoms with E-state index in [0.29, 0.717) is 24.2 Å². The number of nitrogens with zero attached hydrogens (tertiary/aromatic N) is 4. The number of carbonyl (C=O) groups excluding carboxylic acids is 2. The molecule has 0 unspecified atom stereocenters. The summed E-state index contributed by atoms with van der Waals surface area (Å²) in [6.07, 6.45) is 0.899. The average molecular weight is 380 g/mol. The number of carbonyl (C=O) groups is 2. The van der Waals surface area contributed by atoms with E-state index < -0.39 is 4.92 Å². The highest BCUT2D eigenvalue weighted by Crippen LogP contribution is 2.32. The first kappa shape index (κ1) is 18.0. The summed E-state index contributed by atoms with van der Waals surface area (Å²) < 4.78 is 0. The van der Waals surface area contributed by atoms with E-state index in [4.69, 9.17) is 0 Å². The predicted octanol–water partition coefficient (Wildman–Crippen LogP) is 3.01. The van der Waals surface area contributed by atoms with Gasteiger partial charge in [-0.25, -0.2) is 4.79 Å². The maximum atomic E-state index is 12.7. The predicted molar refractivity (Wildman–Crippen MR) is 103 cm³/mol. The lowest BCUT2D eigenvalue weighted by Crippen LogP contribution is -2.47. The maximum Gasteiger partial charge on any atom is 0.324 e. The van der Waals surface area contributed by atoms with Crippen LogP contribution in [0, 0.1) is 10.1 Å². The summed E-state index contributed by atoms with van der Waals surface area (Å²) in [6.45, 7) is 1.94. The molecule has 2 aromatic carbocycles. The molecule has 0 N–H and O–H groups in total. The summed E-state index contributed by atoms with van der Waals surface area (Å²) >= 11 is 0. The van der Waals surface area contributed by atoms with E-state index in [1.165, 1.54) is 12.1 Å². The van der Waals surface area contributed by atoms with Gasteiger partial charge in [-0.3, -0.25) is 19.8 Å². The van der Waals surface area contributed by atoms with Crippen LogP contribution >= 0.6 is 0 Å². The third kappa shape index (κ3) is 3.06. The van der Waals surface area contributed by atoms with E-state index in [2.05, 4.69) is 0 Å². The quantitative estimate of drug-likeness (QED) is 0.603. The third-order valence-electron chi connectivity index (χ3n) is 5.24. The standard InChI is InChI=1S/C20H20N4O4/c1-21-9-4-10-23(20(21)26)15-6-2-5-14(11-15)12-22-13-17-16(19(22)25)7-3-8-18(17)24(27)28/h2-3,5-8,11H,4,9-10,12-13H2,1H3. The molecule has 2 aliphatic heterocycles. The van der Waals surface area contributed by atoms with Gasteiger partial charge in [-0.15, -0.1) is 0 Å². The average Bonchev–Trinajstić information content (AvgIpc) is 3.00. The fourth-order valence-electron chi connectivity index (χ4n) is 3.82. The van der Waals surface area contributed by atoms with Crippen molar-refractivity contribution in [3.05, 3.63) is 69.3 Å². The van der Waals surface area contributed by atoms with Crippen LogP contribution < -0.4 is 4.90 Å². The molecule has 2 aromatic rings. The number of nitro groups is 1. The molecule has 0 aromatic heterocycles. The van der Waals surface area contributed by atoms with Gasteiger partial charge < -0.3 is 9.80 Å². The highest BCUT2D eigenvalue weighted by molar-refractivity contribution is 5.99. The van der Waals surface area contributed by atoms with Crippen LogP contribution in [-0.2, 0) is 13.1 Å². The van der Waals surface area contributed by atoms with Gasteiger partial charge in [-0.1, -0.05) is 18.2 Å². The number of benzene rings is 2. The number of fused-ring (bicyclic) bond motifs is 1. The van der Waals surface area contributed by atoms with E-state index in [1.54, 1.807) is 27.8 Å². The van der Waals surface area contributed by atoms with Crippen LogP contribution in [0.1, 0.15) is 27.9 Å². The van der Waals surface area contributed by atoms with Crippen LogP contribution in [-0.4, -0.2) is 46.8 Å². The molecule has 0 aliphatic carbocycles. The molecule has 1 saturated heterocycles. The number of nitro benzene ring substituents is 1. The number of urea groups is 1.